The van der Waals surface area contributed by atoms with E-state index in [-0.39, 0.29) is 17.4 Å². The minimum Gasteiger partial charge on any atom is -0.507 e. The summed E-state index contributed by atoms with van der Waals surface area (Å²) in [5, 5.41) is 26.5. The lowest BCUT2D eigenvalue weighted by molar-refractivity contribution is -0.112. The Labute approximate surface area is 169 Å². The van der Waals surface area contributed by atoms with Crippen molar-refractivity contribution in [3.63, 3.8) is 0 Å². The van der Waals surface area contributed by atoms with Gasteiger partial charge in [-0.05, 0) is 36.8 Å². The minimum absolute atomic E-state index is 0.0532. The van der Waals surface area contributed by atoms with Gasteiger partial charge in [-0.1, -0.05) is 36.4 Å². The van der Waals surface area contributed by atoms with Crippen LogP contribution in [-0.4, -0.2) is 18.1 Å². The predicted octanol–water partition coefficient (Wildman–Crippen LogP) is 4.25. The molecule has 0 aliphatic carbocycles. The number of phenolic OH excluding ortho intramolecular Hbond substituents is 1. The normalized spacial score (nSPS) is 12.1. The molecule has 0 spiro atoms. The standard InChI is InChI=1S/C23H21N3O3/c1-15(16-9-11-18(29-2)12-10-16)25-14-17(13-24)23(28)26-21-7-3-6-20-19(21)5-4-8-22(20)27/h3-12,14-15,25,27H,1-2H3,(H,26,28)/b17-14-. The highest BCUT2D eigenvalue weighted by Gasteiger charge is 2.13. The van der Waals surface area contributed by atoms with Gasteiger partial charge in [0.1, 0.15) is 23.1 Å². The molecule has 3 rings (SSSR count). The van der Waals surface area contributed by atoms with Crippen LogP contribution in [0.25, 0.3) is 10.8 Å². The second kappa shape index (κ2) is 8.81. The van der Waals surface area contributed by atoms with Crippen LogP contribution in [0.5, 0.6) is 11.5 Å². The molecule has 3 aromatic carbocycles. The van der Waals surface area contributed by atoms with Gasteiger partial charge in [0.15, 0.2) is 0 Å². The van der Waals surface area contributed by atoms with Crippen LogP contribution in [-0.2, 0) is 4.79 Å². The third-order valence-electron chi connectivity index (χ3n) is 4.61. The average Bonchev–Trinajstić information content (AvgIpc) is 2.75. The number of hydrogen-bond donors (Lipinski definition) is 3. The number of carbonyl (C=O) groups excluding carboxylic acids is 1. The quantitative estimate of drug-likeness (QED) is 0.434. The molecule has 0 radical (unpaired) electrons. The Morgan fingerprint density at radius 2 is 1.79 bits per heavy atom. The SMILES string of the molecule is COc1ccc(C(C)N/C=C(/C#N)C(=O)Nc2cccc3c(O)cccc23)cc1. The summed E-state index contributed by atoms with van der Waals surface area (Å²) in [5.74, 6) is 0.358. The molecule has 1 atom stereocenters. The second-order valence-electron chi connectivity index (χ2n) is 6.46. The highest BCUT2D eigenvalue weighted by molar-refractivity contribution is 6.11. The second-order valence-corrected chi connectivity index (χ2v) is 6.46. The van der Waals surface area contributed by atoms with Gasteiger partial charge in [0.05, 0.1) is 7.11 Å². The van der Waals surface area contributed by atoms with E-state index in [1.165, 1.54) is 6.20 Å². The van der Waals surface area contributed by atoms with E-state index in [4.69, 9.17) is 4.74 Å². The number of nitrogens with one attached hydrogen (secondary N) is 2. The van der Waals surface area contributed by atoms with E-state index in [1.807, 2.05) is 37.3 Å². The molecule has 0 heterocycles. The number of ether oxygens (including phenoxy) is 1. The number of fused-ring (bicyclic) bond motifs is 1. The van der Waals surface area contributed by atoms with Crippen LogP contribution in [0.15, 0.2) is 72.4 Å². The van der Waals surface area contributed by atoms with Crippen molar-refractivity contribution in [3.8, 4) is 17.6 Å². The van der Waals surface area contributed by atoms with Gasteiger partial charge >= 0.3 is 0 Å². The average molecular weight is 387 g/mol. The van der Waals surface area contributed by atoms with Gasteiger partial charge in [-0.15, -0.1) is 0 Å². The maximum atomic E-state index is 12.6. The molecule has 0 bridgehead atoms. The van der Waals surface area contributed by atoms with Crippen LogP contribution in [0.2, 0.25) is 0 Å². The molecule has 3 N–H and O–H groups in total. The number of phenols is 1. The van der Waals surface area contributed by atoms with Gasteiger partial charge in [-0.3, -0.25) is 4.79 Å². The lowest BCUT2D eigenvalue weighted by Gasteiger charge is -2.14. The molecule has 0 aromatic heterocycles. The van der Waals surface area contributed by atoms with Crippen molar-refractivity contribution < 1.29 is 14.6 Å². The molecule has 146 valence electrons. The van der Waals surface area contributed by atoms with E-state index in [1.54, 1.807) is 43.5 Å². The monoisotopic (exact) mass is 387 g/mol. The zero-order valence-electron chi connectivity index (χ0n) is 16.1. The first-order valence-corrected chi connectivity index (χ1v) is 9.06. The van der Waals surface area contributed by atoms with Gasteiger partial charge in [0, 0.05) is 28.7 Å². The van der Waals surface area contributed by atoms with Crippen molar-refractivity contribution >= 4 is 22.4 Å². The molecule has 0 aliphatic heterocycles. The molecular formula is C23H21N3O3. The Hall–Kier alpha value is -3.98. The number of hydrogen-bond acceptors (Lipinski definition) is 5. The fourth-order valence-corrected chi connectivity index (χ4v) is 2.94. The number of benzene rings is 3. The van der Waals surface area contributed by atoms with Crippen LogP contribution < -0.4 is 15.4 Å². The van der Waals surface area contributed by atoms with E-state index < -0.39 is 5.91 Å². The number of carbonyl (C=O) groups is 1. The van der Waals surface area contributed by atoms with Crippen molar-refractivity contribution in [2.24, 2.45) is 0 Å². The highest BCUT2D eigenvalue weighted by Crippen LogP contribution is 2.30. The first-order chi connectivity index (χ1) is 14.0. The molecule has 0 saturated carbocycles. The van der Waals surface area contributed by atoms with Gasteiger partial charge in [-0.25, -0.2) is 0 Å². The minimum atomic E-state index is -0.530. The zero-order valence-corrected chi connectivity index (χ0v) is 16.1. The molecule has 3 aromatic rings. The summed E-state index contributed by atoms with van der Waals surface area (Å²) < 4.78 is 5.15. The van der Waals surface area contributed by atoms with Crippen LogP contribution >= 0.6 is 0 Å². The molecule has 0 fully saturated rings. The maximum absolute atomic E-state index is 12.6. The summed E-state index contributed by atoms with van der Waals surface area (Å²) in [4.78, 5) is 12.6. The molecule has 0 saturated heterocycles. The summed E-state index contributed by atoms with van der Waals surface area (Å²) in [6.07, 6.45) is 1.41. The summed E-state index contributed by atoms with van der Waals surface area (Å²) in [6, 6.07) is 19.7. The van der Waals surface area contributed by atoms with Crippen molar-refractivity contribution in [2.75, 3.05) is 12.4 Å². The van der Waals surface area contributed by atoms with Gasteiger partial charge < -0.3 is 20.5 Å². The predicted molar refractivity (Wildman–Crippen MR) is 112 cm³/mol. The van der Waals surface area contributed by atoms with Crippen molar-refractivity contribution in [2.45, 2.75) is 13.0 Å². The van der Waals surface area contributed by atoms with E-state index in [0.29, 0.717) is 16.5 Å². The number of amides is 1. The number of nitriles is 1. The van der Waals surface area contributed by atoms with Crippen molar-refractivity contribution in [1.82, 2.24) is 5.32 Å². The summed E-state index contributed by atoms with van der Waals surface area (Å²) in [7, 11) is 1.61. The molecule has 1 unspecified atom stereocenters. The Bertz CT molecular complexity index is 1100. The van der Waals surface area contributed by atoms with E-state index in [9.17, 15) is 15.2 Å². The van der Waals surface area contributed by atoms with E-state index in [0.717, 1.165) is 11.3 Å². The highest BCUT2D eigenvalue weighted by atomic mass is 16.5. The van der Waals surface area contributed by atoms with Gasteiger partial charge in [-0.2, -0.15) is 5.26 Å². The van der Waals surface area contributed by atoms with Gasteiger partial charge in [0.25, 0.3) is 5.91 Å². The first kappa shape index (κ1) is 19.8. The number of aromatic hydroxyl groups is 1. The van der Waals surface area contributed by atoms with Crippen LogP contribution in [0.1, 0.15) is 18.5 Å². The summed E-state index contributed by atoms with van der Waals surface area (Å²) in [5.41, 5.74) is 1.46. The Balaban J connectivity index is 1.75. The number of nitrogens with zero attached hydrogens (tertiary/aromatic N) is 1. The topological polar surface area (TPSA) is 94.4 Å². The maximum Gasteiger partial charge on any atom is 0.267 e. The van der Waals surface area contributed by atoms with Crippen LogP contribution in [0, 0.1) is 11.3 Å². The number of anilines is 1. The van der Waals surface area contributed by atoms with Gasteiger partial charge in [0.2, 0.25) is 0 Å². The molecular weight excluding hydrogens is 366 g/mol. The number of rotatable bonds is 6. The Morgan fingerprint density at radius 3 is 2.48 bits per heavy atom. The summed E-state index contributed by atoms with van der Waals surface area (Å²) >= 11 is 0. The van der Waals surface area contributed by atoms with Crippen molar-refractivity contribution in [3.05, 3.63) is 78.0 Å². The number of methoxy groups -OCH3 is 1. The zero-order chi connectivity index (χ0) is 20.8. The van der Waals surface area contributed by atoms with E-state index in [2.05, 4.69) is 10.6 Å². The van der Waals surface area contributed by atoms with Crippen LogP contribution in [0.3, 0.4) is 0 Å². The molecule has 6 nitrogen and oxygen atoms in total. The third kappa shape index (κ3) is 4.47. The fourth-order valence-electron chi connectivity index (χ4n) is 2.94. The molecule has 29 heavy (non-hydrogen) atoms. The first-order valence-electron chi connectivity index (χ1n) is 9.06. The molecule has 6 heteroatoms. The lowest BCUT2D eigenvalue weighted by Crippen LogP contribution is -2.18. The fraction of sp³-hybridized carbons (Fsp3) is 0.130. The molecule has 1 amide bonds. The smallest absolute Gasteiger partial charge is 0.267 e. The van der Waals surface area contributed by atoms with Crippen molar-refractivity contribution in [1.29, 1.82) is 5.26 Å². The van der Waals surface area contributed by atoms with E-state index >= 15 is 0 Å². The largest absolute Gasteiger partial charge is 0.507 e. The Morgan fingerprint density at radius 1 is 1.10 bits per heavy atom. The van der Waals surface area contributed by atoms with Crippen LogP contribution in [0.4, 0.5) is 5.69 Å². The molecule has 0 aliphatic rings. The Kier molecular flexibility index (Phi) is 6.00. The lowest BCUT2D eigenvalue weighted by atomic mass is 10.1. The third-order valence-corrected chi connectivity index (χ3v) is 4.61. The summed E-state index contributed by atoms with van der Waals surface area (Å²) in [6.45, 7) is 1.93.